The number of methoxy groups -OCH3 is 1. The normalized spacial score (nSPS) is 12.1. The van der Waals surface area contributed by atoms with Crippen LogP contribution in [0.5, 0.6) is 0 Å². The van der Waals surface area contributed by atoms with Crippen LogP contribution in [0, 0.1) is 0 Å². The van der Waals surface area contributed by atoms with Gasteiger partial charge in [-0.25, -0.2) is 0 Å². The third kappa shape index (κ3) is 4.08. The Balaban J connectivity index is 2.25. The maximum Gasteiger partial charge on any atom is 0.248 e. The molecule has 0 aromatic carbocycles. The number of carbonyl (C=O) groups excluding carboxylic acids is 1. The molecule has 0 aliphatic heterocycles. The highest BCUT2D eigenvalue weighted by molar-refractivity contribution is 5.80. The summed E-state index contributed by atoms with van der Waals surface area (Å²) in [6.45, 7) is 2.33. The van der Waals surface area contributed by atoms with Crippen LogP contribution in [0.3, 0.4) is 0 Å². The van der Waals surface area contributed by atoms with E-state index in [2.05, 4.69) is 10.3 Å². The average molecular weight is 208 g/mol. The molecule has 82 valence electrons. The first-order chi connectivity index (χ1) is 7.24. The highest BCUT2D eigenvalue weighted by atomic mass is 16.5. The molecule has 0 aliphatic rings. The van der Waals surface area contributed by atoms with E-state index in [1.165, 1.54) is 7.11 Å². The fraction of sp³-hybridized carbons (Fsp3) is 0.455. The first-order valence-electron chi connectivity index (χ1n) is 4.93. The van der Waals surface area contributed by atoms with Gasteiger partial charge >= 0.3 is 0 Å². The van der Waals surface area contributed by atoms with Gasteiger partial charge in [-0.15, -0.1) is 0 Å². The van der Waals surface area contributed by atoms with Gasteiger partial charge in [-0.3, -0.25) is 9.78 Å². The number of pyridine rings is 1. The second-order valence-corrected chi connectivity index (χ2v) is 3.28. The maximum absolute atomic E-state index is 11.3. The molecule has 1 aromatic heterocycles. The van der Waals surface area contributed by atoms with Crippen molar-refractivity contribution < 1.29 is 9.53 Å². The Hall–Kier alpha value is -1.42. The number of nitrogens with one attached hydrogen (secondary N) is 1. The van der Waals surface area contributed by atoms with Crippen molar-refractivity contribution in [3.05, 3.63) is 30.1 Å². The van der Waals surface area contributed by atoms with Crippen LogP contribution < -0.4 is 5.32 Å². The molecule has 1 unspecified atom stereocenters. The van der Waals surface area contributed by atoms with E-state index in [1.54, 1.807) is 19.3 Å². The lowest BCUT2D eigenvalue weighted by atomic mass is 10.2. The smallest absolute Gasteiger partial charge is 0.248 e. The summed E-state index contributed by atoms with van der Waals surface area (Å²) in [7, 11) is 1.52. The summed E-state index contributed by atoms with van der Waals surface area (Å²) in [4.78, 5) is 15.3. The number of rotatable bonds is 5. The van der Waals surface area contributed by atoms with E-state index >= 15 is 0 Å². The van der Waals surface area contributed by atoms with Crippen LogP contribution in [0.25, 0.3) is 0 Å². The molecule has 4 nitrogen and oxygen atoms in total. The van der Waals surface area contributed by atoms with Gasteiger partial charge in [-0.1, -0.05) is 6.07 Å². The van der Waals surface area contributed by atoms with Crippen molar-refractivity contribution in [3.8, 4) is 0 Å². The Morgan fingerprint density at radius 3 is 3.07 bits per heavy atom. The number of nitrogens with zero attached hydrogens (tertiary/aromatic N) is 1. The number of hydrogen-bond donors (Lipinski definition) is 1. The molecule has 0 fully saturated rings. The zero-order valence-corrected chi connectivity index (χ0v) is 9.06. The quantitative estimate of drug-likeness (QED) is 0.777. The fourth-order valence-corrected chi connectivity index (χ4v) is 1.13. The van der Waals surface area contributed by atoms with E-state index < -0.39 is 0 Å². The van der Waals surface area contributed by atoms with E-state index in [1.807, 2.05) is 12.1 Å². The molecule has 0 saturated carbocycles. The minimum Gasteiger partial charge on any atom is -0.372 e. The molecule has 1 amide bonds. The number of ether oxygens (including phenoxy) is 1. The molecule has 0 spiro atoms. The highest BCUT2D eigenvalue weighted by Crippen LogP contribution is 1.95. The van der Waals surface area contributed by atoms with Crippen molar-refractivity contribution in [1.82, 2.24) is 10.3 Å². The van der Waals surface area contributed by atoms with Crippen LogP contribution in [-0.2, 0) is 16.0 Å². The molecule has 0 radical (unpaired) electrons. The molecular formula is C11H16N2O2. The largest absolute Gasteiger partial charge is 0.372 e. The molecule has 15 heavy (non-hydrogen) atoms. The van der Waals surface area contributed by atoms with Gasteiger partial charge in [0, 0.05) is 26.0 Å². The van der Waals surface area contributed by atoms with Crippen LogP contribution in [0.1, 0.15) is 12.5 Å². The van der Waals surface area contributed by atoms with Gasteiger partial charge < -0.3 is 10.1 Å². The van der Waals surface area contributed by atoms with Gasteiger partial charge in [0.2, 0.25) is 5.91 Å². The number of amides is 1. The highest BCUT2D eigenvalue weighted by Gasteiger charge is 2.09. The van der Waals surface area contributed by atoms with Crippen LogP contribution >= 0.6 is 0 Å². The summed E-state index contributed by atoms with van der Waals surface area (Å²) >= 11 is 0. The zero-order valence-electron chi connectivity index (χ0n) is 9.06. The minimum atomic E-state index is -0.390. The lowest BCUT2D eigenvalue weighted by Crippen LogP contribution is -2.35. The molecular weight excluding hydrogens is 192 g/mol. The number of carbonyl (C=O) groups is 1. The standard InChI is InChI=1S/C11H16N2O2/c1-9(15-2)11(14)13-7-5-10-4-3-6-12-8-10/h3-4,6,8-9H,5,7H2,1-2H3,(H,13,14). The second kappa shape index (κ2) is 6.14. The summed E-state index contributed by atoms with van der Waals surface area (Å²) in [5, 5.41) is 2.79. The van der Waals surface area contributed by atoms with Crippen molar-refractivity contribution in [1.29, 1.82) is 0 Å². The predicted molar refractivity (Wildman–Crippen MR) is 57.4 cm³/mol. The Morgan fingerprint density at radius 2 is 2.47 bits per heavy atom. The average Bonchev–Trinajstić information content (AvgIpc) is 2.29. The SMILES string of the molecule is COC(C)C(=O)NCCc1cccnc1. The summed E-state index contributed by atoms with van der Waals surface area (Å²) in [5.41, 5.74) is 1.11. The lowest BCUT2D eigenvalue weighted by Gasteiger charge is -2.09. The molecule has 1 rings (SSSR count). The van der Waals surface area contributed by atoms with Crippen molar-refractivity contribution in [2.45, 2.75) is 19.4 Å². The predicted octanol–water partition coefficient (Wildman–Crippen LogP) is 0.775. The Kier molecular flexibility index (Phi) is 4.77. The van der Waals surface area contributed by atoms with Crippen molar-refractivity contribution in [2.75, 3.05) is 13.7 Å². The van der Waals surface area contributed by atoms with Crippen LogP contribution in [-0.4, -0.2) is 30.6 Å². The van der Waals surface area contributed by atoms with E-state index in [-0.39, 0.29) is 12.0 Å². The summed E-state index contributed by atoms with van der Waals surface area (Å²) in [6, 6.07) is 3.87. The molecule has 1 N–H and O–H groups in total. The summed E-state index contributed by atoms with van der Waals surface area (Å²) < 4.78 is 4.89. The topological polar surface area (TPSA) is 51.2 Å². The Morgan fingerprint density at radius 1 is 1.67 bits per heavy atom. The van der Waals surface area contributed by atoms with E-state index in [0.29, 0.717) is 6.54 Å². The third-order valence-electron chi connectivity index (χ3n) is 2.16. The second-order valence-electron chi connectivity index (χ2n) is 3.28. The molecule has 0 saturated heterocycles. The van der Waals surface area contributed by atoms with E-state index in [9.17, 15) is 4.79 Å². The molecule has 0 bridgehead atoms. The first-order valence-corrected chi connectivity index (χ1v) is 4.93. The van der Waals surface area contributed by atoms with Crippen molar-refractivity contribution in [2.24, 2.45) is 0 Å². The third-order valence-corrected chi connectivity index (χ3v) is 2.16. The van der Waals surface area contributed by atoms with E-state index in [4.69, 9.17) is 4.74 Å². The number of hydrogen-bond acceptors (Lipinski definition) is 3. The van der Waals surface area contributed by atoms with Crippen LogP contribution in [0.4, 0.5) is 0 Å². The molecule has 4 heteroatoms. The molecule has 1 atom stereocenters. The first kappa shape index (κ1) is 11.7. The Bertz CT molecular complexity index is 301. The number of aromatic nitrogens is 1. The van der Waals surface area contributed by atoms with Gasteiger partial charge in [-0.2, -0.15) is 0 Å². The van der Waals surface area contributed by atoms with Crippen molar-refractivity contribution in [3.63, 3.8) is 0 Å². The monoisotopic (exact) mass is 208 g/mol. The van der Waals surface area contributed by atoms with Crippen LogP contribution in [0.2, 0.25) is 0 Å². The van der Waals surface area contributed by atoms with Crippen LogP contribution in [0.15, 0.2) is 24.5 Å². The molecule has 0 aliphatic carbocycles. The van der Waals surface area contributed by atoms with Gasteiger partial charge in [-0.05, 0) is 25.0 Å². The van der Waals surface area contributed by atoms with Gasteiger partial charge in [0.25, 0.3) is 0 Å². The summed E-state index contributed by atoms with van der Waals surface area (Å²) in [5.74, 6) is -0.0820. The van der Waals surface area contributed by atoms with Gasteiger partial charge in [0.05, 0.1) is 0 Å². The van der Waals surface area contributed by atoms with Gasteiger partial charge in [0.1, 0.15) is 6.10 Å². The molecule has 1 heterocycles. The minimum absolute atomic E-state index is 0.0820. The van der Waals surface area contributed by atoms with Crippen molar-refractivity contribution >= 4 is 5.91 Å². The van der Waals surface area contributed by atoms with Gasteiger partial charge in [0.15, 0.2) is 0 Å². The molecule has 1 aromatic rings. The maximum atomic E-state index is 11.3. The lowest BCUT2D eigenvalue weighted by molar-refractivity contribution is -0.129. The Labute approximate surface area is 89.7 Å². The fourth-order valence-electron chi connectivity index (χ4n) is 1.13. The van der Waals surface area contributed by atoms with E-state index in [0.717, 1.165) is 12.0 Å². The summed E-state index contributed by atoms with van der Waals surface area (Å²) in [6.07, 6.45) is 3.93. The zero-order chi connectivity index (χ0) is 11.1.